The van der Waals surface area contributed by atoms with Gasteiger partial charge in [0.2, 0.25) is 0 Å². The molecule has 0 amide bonds. The molecule has 13 rings (SSSR count). The van der Waals surface area contributed by atoms with Gasteiger partial charge in [-0.25, -0.2) is 24.9 Å². The van der Waals surface area contributed by atoms with Gasteiger partial charge in [-0.3, -0.25) is 0 Å². The first-order chi connectivity index (χ1) is 31.2. The van der Waals surface area contributed by atoms with Crippen LogP contribution in [0.1, 0.15) is 0 Å². The molecule has 13 aromatic rings. The fraction of sp³-hybridized carbons (Fsp3) is 0. The molecule has 0 fully saturated rings. The molecule has 8 aromatic carbocycles. The maximum absolute atomic E-state index is 5.46. The molecule has 5 heterocycles. The summed E-state index contributed by atoms with van der Waals surface area (Å²) in [7, 11) is 0. The van der Waals surface area contributed by atoms with Crippen LogP contribution in [0.5, 0.6) is 0 Å². The van der Waals surface area contributed by atoms with E-state index >= 15 is 0 Å². The minimum absolute atomic E-state index is 0.557. The molecule has 0 N–H and O–H groups in total. The van der Waals surface area contributed by atoms with Crippen LogP contribution in [0.15, 0.2) is 194 Å². The van der Waals surface area contributed by atoms with Crippen LogP contribution in [0.4, 0.5) is 0 Å². The van der Waals surface area contributed by atoms with Crippen LogP contribution in [0.2, 0.25) is 0 Å². The molecule has 0 spiro atoms. The third kappa shape index (κ3) is 5.80. The molecule has 6 nitrogen and oxygen atoms in total. The van der Waals surface area contributed by atoms with E-state index in [9.17, 15) is 0 Å². The summed E-state index contributed by atoms with van der Waals surface area (Å²) < 4.78 is 6.96. The Morgan fingerprint density at radius 1 is 0.333 bits per heavy atom. The van der Waals surface area contributed by atoms with E-state index in [1.54, 1.807) is 22.7 Å². The lowest BCUT2D eigenvalue weighted by Gasteiger charge is -2.16. The average Bonchev–Trinajstić information content (AvgIpc) is 4.04. The predicted molar refractivity (Wildman–Crippen MR) is 263 cm³/mol. The highest BCUT2D eigenvalue weighted by Gasteiger charge is 2.23. The van der Waals surface area contributed by atoms with Gasteiger partial charge < -0.3 is 4.57 Å². The zero-order chi connectivity index (χ0) is 41.4. The topological polar surface area (TPSA) is 69.4 Å². The summed E-state index contributed by atoms with van der Waals surface area (Å²) in [4.78, 5) is 26.8. The normalized spacial score (nSPS) is 11.8. The number of hydrogen-bond donors (Lipinski definition) is 0. The Hall–Kier alpha value is -7.91. The predicted octanol–water partition coefficient (Wildman–Crippen LogP) is 14.8. The molecule has 0 aliphatic carbocycles. The van der Waals surface area contributed by atoms with Crippen LogP contribution >= 0.6 is 22.7 Å². The lowest BCUT2D eigenvalue weighted by Crippen LogP contribution is -2.04. The SMILES string of the molecule is c1ccc(-c2nc(-c3cc(-c4nc(-c5ccccc5)c5sc6ccccc6c5n4)ccc3-n3c4ccccc4c4ccccc43)nc(-c3cccc4c3sc3ccccc34)n2)cc1. The zero-order valence-electron chi connectivity index (χ0n) is 33.5. The Balaban J connectivity index is 1.12. The van der Waals surface area contributed by atoms with Crippen molar-refractivity contribution < 1.29 is 0 Å². The maximum atomic E-state index is 5.46. The van der Waals surface area contributed by atoms with Crippen molar-refractivity contribution in [2.45, 2.75) is 0 Å². The minimum atomic E-state index is 0.557. The highest BCUT2D eigenvalue weighted by atomic mass is 32.1. The van der Waals surface area contributed by atoms with Crippen LogP contribution in [-0.2, 0) is 0 Å². The van der Waals surface area contributed by atoms with Gasteiger partial charge in [-0.05, 0) is 48.5 Å². The van der Waals surface area contributed by atoms with Crippen molar-refractivity contribution in [3.8, 4) is 62.5 Å². The van der Waals surface area contributed by atoms with Gasteiger partial charge in [0, 0.05) is 68.8 Å². The highest BCUT2D eigenvalue weighted by Crippen LogP contribution is 2.43. The van der Waals surface area contributed by atoms with E-state index in [4.69, 9.17) is 24.9 Å². The molecular weight excluding hydrogens is 809 g/mol. The second-order valence-electron chi connectivity index (χ2n) is 15.6. The second-order valence-corrected chi connectivity index (χ2v) is 17.7. The smallest absolute Gasteiger partial charge is 0.166 e. The first-order valence-electron chi connectivity index (χ1n) is 20.8. The Labute approximate surface area is 369 Å². The summed E-state index contributed by atoms with van der Waals surface area (Å²) in [5.41, 5.74) is 9.60. The fourth-order valence-corrected chi connectivity index (χ4v) is 11.4. The third-order valence-electron chi connectivity index (χ3n) is 11.9. The van der Waals surface area contributed by atoms with Crippen LogP contribution in [0, 0.1) is 0 Å². The molecule has 0 atom stereocenters. The number of hydrogen-bond acceptors (Lipinski definition) is 7. The molecule has 0 radical (unpaired) electrons. The van der Waals surface area contributed by atoms with Gasteiger partial charge in [0.05, 0.1) is 32.6 Å². The molecule has 0 saturated carbocycles. The number of fused-ring (bicyclic) bond motifs is 9. The number of rotatable bonds is 6. The number of aromatic nitrogens is 6. The molecule has 0 saturated heterocycles. The van der Waals surface area contributed by atoms with Gasteiger partial charge in [-0.2, -0.15) is 0 Å². The highest BCUT2D eigenvalue weighted by molar-refractivity contribution is 7.26. The van der Waals surface area contributed by atoms with E-state index in [2.05, 4.69) is 174 Å². The summed E-state index contributed by atoms with van der Waals surface area (Å²) in [6, 6.07) is 67.8. The van der Waals surface area contributed by atoms with Gasteiger partial charge in [0.1, 0.15) is 0 Å². The second kappa shape index (κ2) is 14.3. The summed E-state index contributed by atoms with van der Waals surface area (Å²) in [6.45, 7) is 0. The van der Waals surface area contributed by atoms with E-state index in [1.165, 1.54) is 30.9 Å². The van der Waals surface area contributed by atoms with E-state index in [0.717, 1.165) is 70.5 Å². The van der Waals surface area contributed by atoms with Gasteiger partial charge in [0.25, 0.3) is 0 Å². The van der Waals surface area contributed by atoms with E-state index < -0.39 is 0 Å². The minimum Gasteiger partial charge on any atom is -0.309 e. The van der Waals surface area contributed by atoms with Crippen LogP contribution in [0.25, 0.3) is 125 Å². The first kappa shape index (κ1) is 35.8. The molecule has 0 aliphatic heterocycles. The van der Waals surface area contributed by atoms with Crippen molar-refractivity contribution in [3.05, 3.63) is 194 Å². The first-order valence-corrected chi connectivity index (χ1v) is 22.5. The maximum Gasteiger partial charge on any atom is 0.166 e. The van der Waals surface area contributed by atoms with Crippen molar-refractivity contribution >= 4 is 85.0 Å². The van der Waals surface area contributed by atoms with Gasteiger partial charge in [-0.15, -0.1) is 22.7 Å². The molecule has 0 unspecified atom stereocenters. The summed E-state index contributed by atoms with van der Waals surface area (Å²) in [5.74, 6) is 2.40. The number of benzene rings is 8. The summed E-state index contributed by atoms with van der Waals surface area (Å²) >= 11 is 3.51. The largest absolute Gasteiger partial charge is 0.309 e. The molecule has 5 aromatic heterocycles. The monoisotopic (exact) mass is 840 g/mol. The Kier molecular flexibility index (Phi) is 8.15. The molecule has 0 aliphatic rings. The van der Waals surface area contributed by atoms with Crippen molar-refractivity contribution in [3.63, 3.8) is 0 Å². The van der Waals surface area contributed by atoms with Crippen LogP contribution < -0.4 is 0 Å². The molecular formula is C55H32N6S2. The van der Waals surface area contributed by atoms with E-state index in [-0.39, 0.29) is 0 Å². The van der Waals surface area contributed by atoms with Crippen molar-refractivity contribution in [2.24, 2.45) is 0 Å². The van der Waals surface area contributed by atoms with Gasteiger partial charge in [-0.1, -0.05) is 146 Å². The Morgan fingerprint density at radius 3 is 1.60 bits per heavy atom. The van der Waals surface area contributed by atoms with Crippen molar-refractivity contribution in [1.29, 1.82) is 0 Å². The Morgan fingerprint density at radius 2 is 0.873 bits per heavy atom. The zero-order valence-corrected chi connectivity index (χ0v) is 35.1. The Bertz CT molecular complexity index is 3870. The lowest BCUT2D eigenvalue weighted by atomic mass is 10.0. The van der Waals surface area contributed by atoms with Crippen LogP contribution in [-0.4, -0.2) is 29.5 Å². The summed E-state index contributed by atoms with van der Waals surface area (Å²) in [5, 5.41) is 5.87. The summed E-state index contributed by atoms with van der Waals surface area (Å²) in [6.07, 6.45) is 0. The van der Waals surface area contributed by atoms with Gasteiger partial charge in [0.15, 0.2) is 23.3 Å². The molecule has 63 heavy (non-hydrogen) atoms. The average molecular weight is 841 g/mol. The van der Waals surface area contributed by atoms with E-state index in [1.807, 2.05) is 24.3 Å². The lowest BCUT2D eigenvalue weighted by molar-refractivity contribution is 1.07. The quantitative estimate of drug-likeness (QED) is 0.167. The molecule has 8 heteroatoms. The van der Waals surface area contributed by atoms with Crippen LogP contribution in [0.3, 0.4) is 0 Å². The molecule has 294 valence electrons. The van der Waals surface area contributed by atoms with E-state index in [0.29, 0.717) is 23.3 Å². The standard InChI is InChI=1S/C55H32N6S2/c1-3-16-33(17-4-1)48-51-49(40-23-10-14-29-47(40)63-51)57-53(56-48)35-30-31-45(61-43-26-11-7-20-36(43)37-21-8-12-27-44(37)61)42(32-35)55-59-52(34-18-5-2-6-19-34)58-54(60-55)41-25-15-24-39-38-22-9-13-28-46(38)62-50(39)41/h1-32H. The number of nitrogens with zero attached hydrogens (tertiary/aromatic N) is 6. The van der Waals surface area contributed by atoms with Gasteiger partial charge >= 0.3 is 0 Å². The number of para-hydroxylation sites is 2. The third-order valence-corrected chi connectivity index (χ3v) is 14.3. The number of thiophene rings is 2. The van der Waals surface area contributed by atoms with Crippen molar-refractivity contribution in [2.75, 3.05) is 0 Å². The van der Waals surface area contributed by atoms with Crippen molar-refractivity contribution in [1.82, 2.24) is 29.5 Å². The molecule has 0 bridgehead atoms. The fourth-order valence-electron chi connectivity index (χ4n) is 9.00.